The van der Waals surface area contributed by atoms with Crippen LogP contribution in [0.3, 0.4) is 0 Å². The molecule has 0 aliphatic carbocycles. The van der Waals surface area contributed by atoms with Crippen LogP contribution in [0, 0.1) is 0 Å². The minimum atomic E-state index is -0.00433. The van der Waals surface area contributed by atoms with Crippen LogP contribution < -0.4 is 15.0 Å². The summed E-state index contributed by atoms with van der Waals surface area (Å²) in [4.78, 5) is 25.1. The summed E-state index contributed by atoms with van der Waals surface area (Å²) in [6, 6.07) is 5.37. The van der Waals surface area contributed by atoms with E-state index in [1.54, 1.807) is 30.1 Å². The van der Waals surface area contributed by atoms with E-state index < -0.39 is 0 Å². The van der Waals surface area contributed by atoms with Crippen molar-refractivity contribution in [3.8, 4) is 5.75 Å². The van der Waals surface area contributed by atoms with Gasteiger partial charge in [0, 0.05) is 19.2 Å². The maximum atomic E-state index is 11.8. The lowest BCUT2D eigenvalue weighted by molar-refractivity contribution is -0.118. The first-order valence-corrected chi connectivity index (χ1v) is 6.95. The van der Waals surface area contributed by atoms with E-state index in [9.17, 15) is 9.59 Å². The van der Waals surface area contributed by atoms with Gasteiger partial charge in [-0.15, -0.1) is 0 Å². The number of nitrogens with one attached hydrogen (secondary N) is 1. The Morgan fingerprint density at radius 2 is 2.25 bits per heavy atom. The highest BCUT2D eigenvalue weighted by Gasteiger charge is 2.20. The number of anilines is 2. The molecular formula is C15H20N2O3. The van der Waals surface area contributed by atoms with Gasteiger partial charge in [0.15, 0.2) is 0 Å². The first-order valence-electron chi connectivity index (χ1n) is 6.95. The summed E-state index contributed by atoms with van der Waals surface area (Å²) < 4.78 is 5.54. The molecule has 1 aliphatic rings. The van der Waals surface area contributed by atoms with Gasteiger partial charge in [-0.3, -0.25) is 9.59 Å². The Labute approximate surface area is 118 Å². The van der Waals surface area contributed by atoms with Gasteiger partial charge in [0.1, 0.15) is 5.75 Å². The molecule has 5 heteroatoms. The van der Waals surface area contributed by atoms with Gasteiger partial charge in [-0.25, -0.2) is 0 Å². The predicted octanol–water partition coefficient (Wildman–Crippen LogP) is 2.56. The Balaban J connectivity index is 2.16. The molecule has 0 bridgehead atoms. The number of nitrogens with zero attached hydrogens (tertiary/aromatic N) is 1. The number of rotatable bonds is 4. The molecule has 108 valence electrons. The van der Waals surface area contributed by atoms with Crippen LogP contribution in [0.4, 0.5) is 11.4 Å². The molecule has 0 spiro atoms. The number of hydrogen-bond donors (Lipinski definition) is 1. The van der Waals surface area contributed by atoms with Gasteiger partial charge in [-0.2, -0.15) is 0 Å². The Hall–Kier alpha value is -2.04. The molecule has 0 radical (unpaired) electrons. The van der Waals surface area contributed by atoms with Gasteiger partial charge in [-0.1, -0.05) is 13.3 Å². The maximum absolute atomic E-state index is 11.8. The minimum Gasteiger partial charge on any atom is -0.491 e. The van der Waals surface area contributed by atoms with E-state index in [1.165, 1.54) is 0 Å². The van der Waals surface area contributed by atoms with E-state index in [0.717, 1.165) is 12.8 Å². The summed E-state index contributed by atoms with van der Waals surface area (Å²) in [7, 11) is 1.72. The average Bonchev–Trinajstić information content (AvgIpc) is 2.57. The third-order valence-corrected chi connectivity index (χ3v) is 3.31. The topological polar surface area (TPSA) is 58.6 Å². The van der Waals surface area contributed by atoms with Gasteiger partial charge in [-0.05, 0) is 24.6 Å². The summed E-state index contributed by atoms with van der Waals surface area (Å²) in [5, 5.41) is 2.85. The van der Waals surface area contributed by atoms with Gasteiger partial charge in [0.25, 0.3) is 0 Å². The van der Waals surface area contributed by atoms with Crippen molar-refractivity contribution in [3.63, 3.8) is 0 Å². The van der Waals surface area contributed by atoms with Crippen LogP contribution in [0.2, 0.25) is 0 Å². The largest absolute Gasteiger partial charge is 0.491 e. The second-order valence-electron chi connectivity index (χ2n) is 4.89. The van der Waals surface area contributed by atoms with E-state index in [1.807, 2.05) is 6.92 Å². The Morgan fingerprint density at radius 1 is 1.45 bits per heavy atom. The number of fused-ring (bicyclic) bond motifs is 1. The van der Waals surface area contributed by atoms with Crippen LogP contribution in [0.5, 0.6) is 5.75 Å². The normalized spacial score (nSPS) is 14.3. The zero-order valence-electron chi connectivity index (χ0n) is 11.9. The van der Waals surface area contributed by atoms with Crippen molar-refractivity contribution >= 4 is 23.2 Å². The lowest BCUT2D eigenvalue weighted by atomic mass is 10.2. The summed E-state index contributed by atoms with van der Waals surface area (Å²) >= 11 is 0. The number of carbonyl (C=O) groups excluding carboxylic acids is 2. The molecular weight excluding hydrogens is 256 g/mol. The van der Waals surface area contributed by atoms with E-state index in [0.29, 0.717) is 36.6 Å². The second kappa shape index (κ2) is 6.41. The van der Waals surface area contributed by atoms with Gasteiger partial charge >= 0.3 is 0 Å². The molecule has 1 N–H and O–H groups in total. The first kappa shape index (κ1) is 14.4. The molecule has 20 heavy (non-hydrogen) atoms. The smallest absolute Gasteiger partial charge is 0.230 e. The van der Waals surface area contributed by atoms with Gasteiger partial charge in [0.05, 0.1) is 18.7 Å². The highest BCUT2D eigenvalue weighted by molar-refractivity contribution is 5.97. The summed E-state index contributed by atoms with van der Waals surface area (Å²) in [5.74, 6) is 0.679. The summed E-state index contributed by atoms with van der Waals surface area (Å²) in [6.07, 6.45) is 2.74. The zero-order chi connectivity index (χ0) is 14.5. The van der Waals surface area contributed by atoms with Crippen molar-refractivity contribution in [2.45, 2.75) is 32.6 Å². The highest BCUT2D eigenvalue weighted by atomic mass is 16.5. The molecule has 1 aromatic rings. The molecule has 0 atom stereocenters. The maximum Gasteiger partial charge on any atom is 0.230 e. The van der Waals surface area contributed by atoms with Crippen LogP contribution in [-0.2, 0) is 9.59 Å². The minimum absolute atomic E-state index is 0.00433. The molecule has 0 aromatic heterocycles. The van der Waals surface area contributed by atoms with Crippen molar-refractivity contribution in [2.75, 3.05) is 23.9 Å². The predicted molar refractivity (Wildman–Crippen MR) is 78.1 cm³/mol. The molecule has 2 rings (SSSR count). The first-order chi connectivity index (χ1) is 9.61. The van der Waals surface area contributed by atoms with E-state index in [-0.39, 0.29) is 11.8 Å². The highest BCUT2D eigenvalue weighted by Crippen LogP contribution is 2.33. The standard InChI is InChI=1S/C15H20N2O3/c1-3-4-5-14(18)16-11-6-7-13-12(10-11)17(2)15(19)8-9-20-13/h6-7,10H,3-5,8-9H2,1-2H3,(H,16,18). The second-order valence-corrected chi connectivity index (χ2v) is 4.89. The van der Waals surface area contributed by atoms with E-state index in [2.05, 4.69) is 5.32 Å². The molecule has 1 aliphatic heterocycles. The van der Waals surface area contributed by atoms with Crippen LogP contribution in [0.25, 0.3) is 0 Å². The van der Waals surface area contributed by atoms with Gasteiger partial charge < -0.3 is 15.0 Å². The van der Waals surface area contributed by atoms with Crippen LogP contribution in [-0.4, -0.2) is 25.5 Å². The van der Waals surface area contributed by atoms with Gasteiger partial charge in [0.2, 0.25) is 11.8 Å². The number of ether oxygens (including phenoxy) is 1. The van der Waals surface area contributed by atoms with Crippen LogP contribution >= 0.6 is 0 Å². The van der Waals surface area contributed by atoms with E-state index >= 15 is 0 Å². The van der Waals surface area contributed by atoms with Crippen LogP contribution in [0.15, 0.2) is 18.2 Å². The average molecular weight is 276 g/mol. The quantitative estimate of drug-likeness (QED) is 0.919. The third-order valence-electron chi connectivity index (χ3n) is 3.31. The molecule has 0 fully saturated rings. The lowest BCUT2D eigenvalue weighted by Crippen LogP contribution is -2.25. The number of hydrogen-bond acceptors (Lipinski definition) is 3. The molecule has 2 amide bonds. The van der Waals surface area contributed by atoms with Crippen molar-refractivity contribution in [1.29, 1.82) is 0 Å². The SMILES string of the molecule is CCCCC(=O)Nc1ccc2c(c1)N(C)C(=O)CCO2. The Kier molecular flexibility index (Phi) is 4.61. The van der Waals surface area contributed by atoms with Crippen molar-refractivity contribution in [2.24, 2.45) is 0 Å². The number of benzene rings is 1. The van der Waals surface area contributed by atoms with E-state index in [4.69, 9.17) is 4.74 Å². The molecule has 0 unspecified atom stereocenters. The number of amides is 2. The Morgan fingerprint density at radius 3 is 3.00 bits per heavy atom. The lowest BCUT2D eigenvalue weighted by Gasteiger charge is -2.17. The number of carbonyl (C=O) groups is 2. The van der Waals surface area contributed by atoms with Crippen molar-refractivity contribution < 1.29 is 14.3 Å². The molecule has 0 saturated carbocycles. The number of unbranched alkanes of at least 4 members (excludes halogenated alkanes) is 1. The van der Waals surface area contributed by atoms with Crippen molar-refractivity contribution in [3.05, 3.63) is 18.2 Å². The monoisotopic (exact) mass is 276 g/mol. The summed E-state index contributed by atoms with van der Waals surface area (Å²) in [6.45, 7) is 2.44. The zero-order valence-corrected chi connectivity index (χ0v) is 11.9. The third kappa shape index (κ3) is 3.29. The molecule has 1 heterocycles. The molecule has 1 aromatic carbocycles. The molecule has 0 saturated heterocycles. The van der Waals surface area contributed by atoms with Crippen LogP contribution in [0.1, 0.15) is 32.6 Å². The summed E-state index contributed by atoms with van der Waals surface area (Å²) in [5.41, 5.74) is 1.38. The fourth-order valence-corrected chi connectivity index (χ4v) is 2.09. The molecule has 5 nitrogen and oxygen atoms in total. The Bertz CT molecular complexity index is 514. The fraction of sp³-hybridized carbons (Fsp3) is 0.467. The fourth-order valence-electron chi connectivity index (χ4n) is 2.09. The van der Waals surface area contributed by atoms with Crippen molar-refractivity contribution in [1.82, 2.24) is 0 Å².